The predicted octanol–water partition coefficient (Wildman–Crippen LogP) is 6.27. The number of anilines is 1. The van der Waals surface area contributed by atoms with Crippen LogP contribution in [0.5, 0.6) is 0 Å². The van der Waals surface area contributed by atoms with Crippen molar-refractivity contribution in [2.24, 2.45) is 0 Å². The van der Waals surface area contributed by atoms with Gasteiger partial charge in [0, 0.05) is 17.8 Å². The molecule has 0 N–H and O–H groups in total. The maximum absolute atomic E-state index is 2.45. The molecule has 0 saturated heterocycles. The molecule has 0 aliphatic carbocycles. The summed E-state index contributed by atoms with van der Waals surface area (Å²) in [6.45, 7) is 15.8. The van der Waals surface area contributed by atoms with Crippen molar-refractivity contribution in [1.82, 2.24) is 0 Å². The monoisotopic (exact) mass is 309 g/mol. The van der Waals surface area contributed by atoms with Crippen LogP contribution in [-0.2, 0) is 5.41 Å². The fourth-order valence-electron chi connectivity index (χ4n) is 3.18. The van der Waals surface area contributed by atoms with Crippen molar-refractivity contribution >= 4 is 5.69 Å². The lowest BCUT2D eigenvalue weighted by molar-refractivity contribution is 0.590. The van der Waals surface area contributed by atoms with E-state index in [1.807, 2.05) is 0 Å². The molecule has 23 heavy (non-hydrogen) atoms. The fourth-order valence-corrected chi connectivity index (χ4v) is 3.18. The highest BCUT2D eigenvalue weighted by Gasteiger charge is 2.15. The third-order valence-corrected chi connectivity index (χ3v) is 4.36. The first-order chi connectivity index (χ1) is 10.7. The van der Waals surface area contributed by atoms with E-state index in [9.17, 15) is 0 Å². The molecule has 124 valence electrons. The molecular weight excluding hydrogens is 278 g/mol. The average Bonchev–Trinajstić information content (AvgIpc) is 2.46. The van der Waals surface area contributed by atoms with Crippen molar-refractivity contribution in [2.45, 2.75) is 66.0 Å². The average molecular weight is 309 g/mol. The van der Waals surface area contributed by atoms with Gasteiger partial charge in [0.15, 0.2) is 0 Å². The molecule has 2 aromatic rings. The molecular formula is C22H31N. The second kappa shape index (κ2) is 6.78. The topological polar surface area (TPSA) is 3.24 Å². The van der Waals surface area contributed by atoms with Gasteiger partial charge in [0.2, 0.25) is 0 Å². The summed E-state index contributed by atoms with van der Waals surface area (Å²) in [7, 11) is 0. The van der Waals surface area contributed by atoms with E-state index in [4.69, 9.17) is 0 Å². The van der Waals surface area contributed by atoms with E-state index in [-0.39, 0.29) is 5.41 Å². The third kappa shape index (κ3) is 4.16. The Labute approximate surface area is 142 Å². The molecule has 2 aromatic carbocycles. The Morgan fingerprint density at radius 3 is 1.39 bits per heavy atom. The van der Waals surface area contributed by atoms with Gasteiger partial charge >= 0.3 is 0 Å². The van der Waals surface area contributed by atoms with Crippen LogP contribution < -0.4 is 4.90 Å². The molecule has 1 heteroatoms. The first-order valence-electron chi connectivity index (χ1n) is 8.69. The summed E-state index contributed by atoms with van der Waals surface area (Å²) >= 11 is 0. The van der Waals surface area contributed by atoms with E-state index in [0.717, 1.165) is 0 Å². The number of hydrogen-bond acceptors (Lipinski definition) is 1. The molecule has 0 spiro atoms. The highest BCUT2D eigenvalue weighted by Crippen LogP contribution is 2.28. The molecule has 0 heterocycles. The molecule has 0 unspecified atom stereocenters. The van der Waals surface area contributed by atoms with Gasteiger partial charge in [-0.05, 0) is 61.9 Å². The Morgan fingerprint density at radius 2 is 1.04 bits per heavy atom. The van der Waals surface area contributed by atoms with E-state index in [1.165, 1.54) is 22.4 Å². The molecule has 0 aliphatic heterocycles. The van der Waals surface area contributed by atoms with E-state index in [0.29, 0.717) is 12.1 Å². The Balaban J connectivity index is 2.26. The predicted molar refractivity (Wildman–Crippen MR) is 103 cm³/mol. The molecule has 0 aliphatic rings. The van der Waals surface area contributed by atoms with Gasteiger partial charge in [-0.3, -0.25) is 0 Å². The minimum absolute atomic E-state index is 0.206. The van der Waals surface area contributed by atoms with Crippen molar-refractivity contribution in [3.05, 3.63) is 54.1 Å². The molecule has 0 amide bonds. The van der Waals surface area contributed by atoms with Gasteiger partial charge in [-0.15, -0.1) is 0 Å². The lowest BCUT2D eigenvalue weighted by Crippen LogP contribution is -2.36. The summed E-state index contributed by atoms with van der Waals surface area (Å²) < 4.78 is 0. The van der Waals surface area contributed by atoms with E-state index in [2.05, 4.69) is 102 Å². The smallest absolute Gasteiger partial charge is 0.0371 e. The molecule has 1 nitrogen and oxygen atoms in total. The summed E-state index contributed by atoms with van der Waals surface area (Å²) in [6.07, 6.45) is 0. The van der Waals surface area contributed by atoms with Crippen molar-refractivity contribution in [3.8, 4) is 11.1 Å². The zero-order valence-electron chi connectivity index (χ0n) is 15.7. The van der Waals surface area contributed by atoms with Crippen LogP contribution in [0.1, 0.15) is 54.0 Å². The summed E-state index contributed by atoms with van der Waals surface area (Å²) in [5, 5.41) is 0. The second-order valence-corrected chi connectivity index (χ2v) is 7.97. The van der Waals surface area contributed by atoms with Crippen LogP contribution in [0.15, 0.2) is 48.5 Å². The minimum Gasteiger partial charge on any atom is -0.367 e. The highest BCUT2D eigenvalue weighted by molar-refractivity contribution is 5.67. The highest BCUT2D eigenvalue weighted by atomic mass is 15.2. The van der Waals surface area contributed by atoms with Gasteiger partial charge in [-0.1, -0.05) is 57.2 Å². The lowest BCUT2D eigenvalue weighted by atomic mass is 9.86. The van der Waals surface area contributed by atoms with Crippen molar-refractivity contribution < 1.29 is 0 Å². The summed E-state index contributed by atoms with van der Waals surface area (Å²) in [5.74, 6) is 0. The van der Waals surface area contributed by atoms with Crippen LogP contribution >= 0.6 is 0 Å². The molecule has 0 radical (unpaired) electrons. The third-order valence-electron chi connectivity index (χ3n) is 4.36. The molecule has 0 aromatic heterocycles. The quantitative estimate of drug-likeness (QED) is 0.643. The van der Waals surface area contributed by atoms with Crippen LogP contribution in [0, 0.1) is 0 Å². The molecule has 2 rings (SSSR count). The summed E-state index contributed by atoms with van der Waals surface area (Å²) in [4.78, 5) is 2.45. The number of nitrogens with zero attached hydrogens (tertiary/aromatic N) is 1. The number of rotatable bonds is 4. The largest absolute Gasteiger partial charge is 0.367 e. The Hall–Kier alpha value is -1.76. The molecule has 0 atom stereocenters. The Morgan fingerprint density at radius 1 is 0.652 bits per heavy atom. The van der Waals surface area contributed by atoms with Crippen LogP contribution in [0.25, 0.3) is 11.1 Å². The van der Waals surface area contributed by atoms with Gasteiger partial charge < -0.3 is 4.90 Å². The lowest BCUT2D eigenvalue weighted by Gasteiger charge is -2.33. The standard InChI is InChI=1S/C22H31N/c1-16(2)23(17(3)4)21-14-10-19(11-15-21)18-8-12-20(13-9-18)22(5,6)7/h8-17H,1-7H3. The Kier molecular flexibility index (Phi) is 5.19. The fraction of sp³-hybridized carbons (Fsp3) is 0.455. The normalized spacial score (nSPS) is 12.0. The number of hydrogen-bond donors (Lipinski definition) is 0. The van der Waals surface area contributed by atoms with Gasteiger partial charge in [0.1, 0.15) is 0 Å². The van der Waals surface area contributed by atoms with Gasteiger partial charge in [-0.25, -0.2) is 0 Å². The van der Waals surface area contributed by atoms with Gasteiger partial charge in [0.25, 0.3) is 0 Å². The van der Waals surface area contributed by atoms with E-state index in [1.54, 1.807) is 0 Å². The second-order valence-electron chi connectivity index (χ2n) is 7.97. The zero-order valence-corrected chi connectivity index (χ0v) is 15.7. The first kappa shape index (κ1) is 17.6. The maximum Gasteiger partial charge on any atom is 0.0371 e. The Bertz CT molecular complexity index is 605. The zero-order chi connectivity index (χ0) is 17.2. The van der Waals surface area contributed by atoms with Crippen molar-refractivity contribution in [2.75, 3.05) is 4.90 Å². The van der Waals surface area contributed by atoms with Crippen LogP contribution in [0.3, 0.4) is 0 Å². The summed E-state index contributed by atoms with van der Waals surface area (Å²) in [5.41, 5.74) is 5.44. The maximum atomic E-state index is 2.45. The van der Waals surface area contributed by atoms with Crippen LogP contribution in [-0.4, -0.2) is 12.1 Å². The van der Waals surface area contributed by atoms with Crippen molar-refractivity contribution in [3.63, 3.8) is 0 Å². The van der Waals surface area contributed by atoms with Crippen LogP contribution in [0.4, 0.5) is 5.69 Å². The molecule has 0 fully saturated rings. The van der Waals surface area contributed by atoms with E-state index >= 15 is 0 Å². The van der Waals surface area contributed by atoms with Gasteiger partial charge in [-0.2, -0.15) is 0 Å². The van der Waals surface area contributed by atoms with Gasteiger partial charge in [0.05, 0.1) is 0 Å². The molecule has 0 saturated carbocycles. The molecule has 0 bridgehead atoms. The van der Waals surface area contributed by atoms with Crippen LogP contribution in [0.2, 0.25) is 0 Å². The first-order valence-corrected chi connectivity index (χ1v) is 8.69. The SMILES string of the molecule is CC(C)N(c1ccc(-c2ccc(C(C)(C)C)cc2)cc1)C(C)C. The summed E-state index contributed by atoms with van der Waals surface area (Å²) in [6, 6.07) is 18.9. The van der Waals surface area contributed by atoms with E-state index < -0.39 is 0 Å². The van der Waals surface area contributed by atoms with Crippen molar-refractivity contribution in [1.29, 1.82) is 0 Å². The minimum atomic E-state index is 0.206. The number of benzene rings is 2.